The molecule has 2 heterocycles. The molecule has 1 fully saturated rings. The van der Waals surface area contributed by atoms with Gasteiger partial charge in [0.15, 0.2) is 0 Å². The van der Waals surface area contributed by atoms with E-state index in [1.54, 1.807) is 29.4 Å². The van der Waals surface area contributed by atoms with Crippen LogP contribution in [-0.2, 0) is 16.1 Å². The molecule has 1 aromatic rings. The molecule has 1 N–H and O–H groups in total. The first-order valence-corrected chi connectivity index (χ1v) is 7.79. The molecule has 20 heavy (non-hydrogen) atoms. The van der Waals surface area contributed by atoms with Crippen LogP contribution in [0.3, 0.4) is 0 Å². The highest BCUT2D eigenvalue weighted by Crippen LogP contribution is 2.27. The fraction of sp³-hybridized carbons (Fsp3) is 0.643. The number of aromatic nitrogens is 1. The first-order chi connectivity index (χ1) is 9.43. The number of amides is 2. The zero-order valence-corrected chi connectivity index (χ0v) is 13.2. The lowest BCUT2D eigenvalue weighted by atomic mass is 9.87. The van der Waals surface area contributed by atoms with Crippen LogP contribution in [-0.4, -0.2) is 33.3 Å². The summed E-state index contributed by atoms with van der Waals surface area (Å²) in [6.07, 6.45) is 3.00. The van der Waals surface area contributed by atoms with Crippen molar-refractivity contribution in [3.8, 4) is 0 Å². The molecule has 0 spiro atoms. The van der Waals surface area contributed by atoms with Gasteiger partial charge in [0.25, 0.3) is 0 Å². The van der Waals surface area contributed by atoms with Crippen LogP contribution in [0.15, 0.2) is 6.20 Å². The van der Waals surface area contributed by atoms with E-state index in [-0.39, 0.29) is 11.8 Å². The lowest BCUT2D eigenvalue weighted by molar-refractivity contribution is -0.155. The van der Waals surface area contributed by atoms with Crippen molar-refractivity contribution in [2.45, 2.75) is 58.7 Å². The molecule has 0 aromatic carbocycles. The van der Waals surface area contributed by atoms with Crippen molar-refractivity contribution in [1.29, 1.82) is 0 Å². The molecule has 5 nitrogen and oxygen atoms in total. The van der Waals surface area contributed by atoms with Crippen molar-refractivity contribution in [3.05, 3.63) is 16.1 Å². The van der Waals surface area contributed by atoms with Crippen molar-refractivity contribution >= 4 is 23.2 Å². The van der Waals surface area contributed by atoms with Gasteiger partial charge in [-0.3, -0.25) is 9.59 Å². The summed E-state index contributed by atoms with van der Waals surface area (Å²) in [7, 11) is 0. The third kappa shape index (κ3) is 2.44. The highest BCUT2D eigenvalue weighted by molar-refractivity contribution is 7.11. The predicted octanol–water partition coefficient (Wildman–Crippen LogP) is 1.86. The predicted molar refractivity (Wildman–Crippen MR) is 78.3 cm³/mol. The molecule has 1 aliphatic heterocycles. The maximum Gasteiger partial charge on any atom is 0.249 e. The van der Waals surface area contributed by atoms with Gasteiger partial charge in [-0.15, -0.1) is 11.3 Å². The van der Waals surface area contributed by atoms with Gasteiger partial charge in [-0.2, -0.15) is 0 Å². The second kappa shape index (κ2) is 5.52. The summed E-state index contributed by atoms with van der Waals surface area (Å²) in [4.78, 5) is 31.8. The molecule has 1 unspecified atom stereocenters. The molecule has 0 bridgehead atoms. The maximum atomic E-state index is 12.8. The van der Waals surface area contributed by atoms with Crippen LogP contribution in [0.5, 0.6) is 0 Å². The number of nitrogens with zero attached hydrogens (tertiary/aromatic N) is 2. The van der Waals surface area contributed by atoms with Gasteiger partial charge in [0.05, 0.1) is 11.6 Å². The number of thiazole rings is 1. The summed E-state index contributed by atoms with van der Waals surface area (Å²) in [5.41, 5.74) is -0.747. The van der Waals surface area contributed by atoms with Gasteiger partial charge in [-0.05, 0) is 26.7 Å². The van der Waals surface area contributed by atoms with Crippen LogP contribution in [0.4, 0.5) is 0 Å². The fourth-order valence-electron chi connectivity index (χ4n) is 2.57. The molecular formula is C14H21N3O2S. The van der Waals surface area contributed by atoms with Crippen molar-refractivity contribution in [2.75, 3.05) is 0 Å². The van der Waals surface area contributed by atoms with E-state index in [2.05, 4.69) is 10.3 Å². The van der Waals surface area contributed by atoms with E-state index in [0.717, 1.165) is 9.88 Å². The number of hydrogen-bond acceptors (Lipinski definition) is 4. The number of hydrogen-bond donors (Lipinski definition) is 1. The Morgan fingerprint density at radius 2 is 2.05 bits per heavy atom. The van der Waals surface area contributed by atoms with E-state index in [4.69, 9.17) is 0 Å². The summed E-state index contributed by atoms with van der Waals surface area (Å²) in [6, 6.07) is -0.434. The standard InChI is InChI=1S/C14H21N3O2S/c1-5-14(6-2)13(19)17(9(3)12(18)16-14)8-11-7-15-10(4)20-11/h7,9H,5-6,8H2,1-4H3,(H,16,18). The minimum atomic E-state index is -0.747. The van der Waals surface area contributed by atoms with E-state index in [1.807, 2.05) is 20.8 Å². The normalized spacial score (nSPS) is 22.0. The average Bonchev–Trinajstić information content (AvgIpc) is 2.84. The Hall–Kier alpha value is -1.43. The molecule has 1 aliphatic rings. The smallest absolute Gasteiger partial charge is 0.249 e. The lowest BCUT2D eigenvalue weighted by Crippen LogP contribution is -2.69. The average molecular weight is 295 g/mol. The quantitative estimate of drug-likeness (QED) is 0.922. The lowest BCUT2D eigenvalue weighted by Gasteiger charge is -2.44. The topological polar surface area (TPSA) is 62.3 Å². The molecular weight excluding hydrogens is 274 g/mol. The maximum absolute atomic E-state index is 12.8. The summed E-state index contributed by atoms with van der Waals surface area (Å²) < 4.78 is 0. The van der Waals surface area contributed by atoms with E-state index >= 15 is 0 Å². The Labute approximate surface area is 123 Å². The zero-order chi connectivity index (χ0) is 14.9. The number of carbonyl (C=O) groups excluding carboxylic acids is 2. The Morgan fingerprint density at radius 1 is 1.40 bits per heavy atom. The van der Waals surface area contributed by atoms with Gasteiger partial charge < -0.3 is 10.2 Å². The van der Waals surface area contributed by atoms with Crippen LogP contribution < -0.4 is 5.32 Å². The largest absolute Gasteiger partial charge is 0.340 e. The fourth-order valence-corrected chi connectivity index (χ4v) is 3.36. The Morgan fingerprint density at radius 3 is 2.55 bits per heavy atom. The first kappa shape index (κ1) is 15.0. The number of carbonyl (C=O) groups is 2. The highest BCUT2D eigenvalue weighted by atomic mass is 32.1. The van der Waals surface area contributed by atoms with Gasteiger partial charge in [0.1, 0.15) is 11.6 Å². The summed E-state index contributed by atoms with van der Waals surface area (Å²) in [6.45, 7) is 8.04. The highest BCUT2D eigenvalue weighted by Gasteiger charge is 2.47. The van der Waals surface area contributed by atoms with Crippen LogP contribution >= 0.6 is 11.3 Å². The molecule has 0 aliphatic carbocycles. The molecule has 2 rings (SSSR count). The van der Waals surface area contributed by atoms with E-state index in [0.29, 0.717) is 19.4 Å². The summed E-state index contributed by atoms with van der Waals surface area (Å²) in [5.74, 6) is -0.0600. The Balaban J connectivity index is 2.28. The van der Waals surface area contributed by atoms with Crippen LogP contribution in [0.1, 0.15) is 43.5 Å². The van der Waals surface area contributed by atoms with Gasteiger partial charge in [0, 0.05) is 11.1 Å². The number of piperazine rings is 1. The minimum absolute atomic E-state index is 0.0145. The van der Waals surface area contributed by atoms with Crippen LogP contribution in [0, 0.1) is 6.92 Å². The molecule has 0 radical (unpaired) electrons. The van der Waals surface area contributed by atoms with Crippen LogP contribution in [0.2, 0.25) is 0 Å². The molecule has 6 heteroatoms. The second-order valence-electron chi connectivity index (χ2n) is 5.23. The molecule has 1 atom stereocenters. The molecule has 1 saturated heterocycles. The summed E-state index contributed by atoms with van der Waals surface area (Å²) in [5, 5.41) is 3.88. The number of nitrogens with one attached hydrogen (secondary N) is 1. The van der Waals surface area contributed by atoms with Gasteiger partial charge in [-0.25, -0.2) is 4.98 Å². The van der Waals surface area contributed by atoms with Gasteiger partial charge >= 0.3 is 0 Å². The van der Waals surface area contributed by atoms with Gasteiger partial charge in [0.2, 0.25) is 11.8 Å². The van der Waals surface area contributed by atoms with E-state index in [9.17, 15) is 9.59 Å². The summed E-state index contributed by atoms with van der Waals surface area (Å²) >= 11 is 1.57. The third-order valence-corrected chi connectivity index (χ3v) is 4.98. The van der Waals surface area contributed by atoms with Crippen molar-refractivity contribution in [3.63, 3.8) is 0 Å². The third-order valence-electron chi connectivity index (χ3n) is 4.08. The molecule has 2 amide bonds. The second-order valence-corrected chi connectivity index (χ2v) is 6.55. The SMILES string of the molecule is CCC1(CC)NC(=O)C(C)N(Cc2cnc(C)s2)C1=O. The molecule has 0 saturated carbocycles. The molecule has 1 aromatic heterocycles. The van der Waals surface area contributed by atoms with Gasteiger partial charge in [-0.1, -0.05) is 13.8 Å². The van der Waals surface area contributed by atoms with Crippen LogP contribution in [0.25, 0.3) is 0 Å². The molecule has 110 valence electrons. The number of aryl methyl sites for hydroxylation is 1. The minimum Gasteiger partial charge on any atom is -0.340 e. The number of rotatable bonds is 4. The van der Waals surface area contributed by atoms with Crippen molar-refractivity contribution in [2.24, 2.45) is 0 Å². The first-order valence-electron chi connectivity index (χ1n) is 6.98. The van der Waals surface area contributed by atoms with E-state index in [1.165, 1.54) is 0 Å². The monoisotopic (exact) mass is 295 g/mol. The van der Waals surface area contributed by atoms with Crippen molar-refractivity contribution < 1.29 is 9.59 Å². The van der Waals surface area contributed by atoms with E-state index < -0.39 is 11.6 Å². The Kier molecular flexibility index (Phi) is 4.13. The van der Waals surface area contributed by atoms with Crippen molar-refractivity contribution in [1.82, 2.24) is 15.2 Å². The zero-order valence-electron chi connectivity index (χ0n) is 12.4. The Bertz CT molecular complexity index is 522.